The first-order valence-electron chi connectivity index (χ1n) is 9.81. The smallest absolute Gasteiger partial charge is 0.251 e. The first-order chi connectivity index (χ1) is 13.8. The lowest BCUT2D eigenvalue weighted by Crippen LogP contribution is -2.31. The molecule has 158 valence electrons. The quantitative estimate of drug-likeness (QED) is 0.574. The largest absolute Gasteiger partial charge is 0.351 e. The van der Waals surface area contributed by atoms with Gasteiger partial charge >= 0.3 is 0 Å². The average Bonchev–Trinajstić information content (AvgIpc) is 2.70. The lowest BCUT2D eigenvalue weighted by molar-refractivity contribution is 0.0955. The van der Waals surface area contributed by atoms with Crippen molar-refractivity contribution in [2.24, 2.45) is 0 Å². The summed E-state index contributed by atoms with van der Waals surface area (Å²) in [7, 11) is -3.59. The van der Waals surface area contributed by atoms with Crippen molar-refractivity contribution in [3.63, 3.8) is 0 Å². The number of amides is 1. The number of rotatable bonds is 10. The maximum atomic E-state index is 12.7. The first-order valence-corrected chi connectivity index (χ1v) is 12.4. The predicted octanol–water partition coefficient (Wildman–Crippen LogP) is 4.00. The lowest BCUT2D eigenvalue weighted by atomic mass is 10.1. The number of thioether (sulfide) groups is 1. The average molecular weight is 435 g/mol. The van der Waals surface area contributed by atoms with Crippen LogP contribution in [-0.4, -0.2) is 44.0 Å². The van der Waals surface area contributed by atoms with Crippen LogP contribution in [0, 0.1) is 13.8 Å². The monoisotopic (exact) mass is 434 g/mol. The van der Waals surface area contributed by atoms with E-state index < -0.39 is 10.0 Å². The van der Waals surface area contributed by atoms with Crippen LogP contribution in [0.25, 0.3) is 0 Å². The molecule has 0 spiro atoms. The maximum absolute atomic E-state index is 12.7. The Hall–Kier alpha value is -1.83. The van der Waals surface area contributed by atoms with E-state index in [4.69, 9.17) is 0 Å². The molecule has 0 saturated heterocycles. The molecule has 0 heterocycles. The van der Waals surface area contributed by atoms with Gasteiger partial charge in [0, 0.05) is 36.7 Å². The van der Waals surface area contributed by atoms with Gasteiger partial charge in [-0.1, -0.05) is 49.7 Å². The number of carbonyl (C=O) groups is 1. The van der Waals surface area contributed by atoms with E-state index in [1.807, 2.05) is 6.92 Å². The zero-order valence-corrected chi connectivity index (χ0v) is 19.2. The SMILES string of the molecule is CCN(CC)S(=O)(=O)c1ccc(C)c(C(=O)NCCSCc2ccc(C)cc2)c1. The van der Waals surface area contributed by atoms with Crippen LogP contribution >= 0.6 is 11.8 Å². The molecule has 0 aliphatic rings. The van der Waals surface area contributed by atoms with Gasteiger partial charge in [-0.05, 0) is 37.1 Å². The molecule has 7 heteroatoms. The van der Waals surface area contributed by atoms with E-state index in [2.05, 4.69) is 36.5 Å². The Balaban J connectivity index is 1.95. The summed E-state index contributed by atoms with van der Waals surface area (Å²) in [6.07, 6.45) is 0. The van der Waals surface area contributed by atoms with Crippen molar-refractivity contribution in [3.05, 3.63) is 64.7 Å². The second-order valence-electron chi connectivity index (χ2n) is 6.86. The molecule has 0 atom stereocenters. The van der Waals surface area contributed by atoms with Gasteiger partial charge in [-0.15, -0.1) is 0 Å². The summed E-state index contributed by atoms with van der Waals surface area (Å²) < 4.78 is 26.8. The zero-order valence-electron chi connectivity index (χ0n) is 17.6. The highest BCUT2D eigenvalue weighted by molar-refractivity contribution is 7.98. The Bertz CT molecular complexity index is 922. The number of hydrogen-bond donors (Lipinski definition) is 1. The van der Waals surface area contributed by atoms with Crippen LogP contribution in [0.2, 0.25) is 0 Å². The third kappa shape index (κ3) is 6.32. The molecule has 0 unspecified atom stereocenters. The van der Waals surface area contributed by atoms with Gasteiger partial charge in [0.25, 0.3) is 5.91 Å². The van der Waals surface area contributed by atoms with E-state index in [1.165, 1.54) is 21.5 Å². The van der Waals surface area contributed by atoms with Crippen molar-refractivity contribution in [1.29, 1.82) is 0 Å². The van der Waals surface area contributed by atoms with E-state index in [0.29, 0.717) is 25.2 Å². The van der Waals surface area contributed by atoms with E-state index in [9.17, 15) is 13.2 Å². The van der Waals surface area contributed by atoms with Gasteiger partial charge in [0.15, 0.2) is 0 Å². The number of sulfonamides is 1. The number of carbonyl (C=O) groups excluding carboxylic acids is 1. The third-order valence-corrected chi connectivity index (χ3v) is 7.79. The topological polar surface area (TPSA) is 66.5 Å². The van der Waals surface area contributed by atoms with Crippen molar-refractivity contribution in [3.8, 4) is 0 Å². The van der Waals surface area contributed by atoms with Gasteiger partial charge in [0.2, 0.25) is 10.0 Å². The molecule has 0 aliphatic heterocycles. The molecule has 2 aromatic carbocycles. The molecule has 2 rings (SSSR count). The molecule has 1 amide bonds. The van der Waals surface area contributed by atoms with Crippen LogP contribution in [0.5, 0.6) is 0 Å². The molecule has 2 aromatic rings. The number of nitrogens with one attached hydrogen (secondary N) is 1. The van der Waals surface area contributed by atoms with Gasteiger partial charge in [0.05, 0.1) is 4.90 Å². The fourth-order valence-corrected chi connectivity index (χ4v) is 5.23. The van der Waals surface area contributed by atoms with Crippen LogP contribution in [-0.2, 0) is 15.8 Å². The van der Waals surface area contributed by atoms with Crippen molar-refractivity contribution < 1.29 is 13.2 Å². The minimum Gasteiger partial charge on any atom is -0.351 e. The summed E-state index contributed by atoms with van der Waals surface area (Å²) in [4.78, 5) is 12.8. The molecular formula is C22H30N2O3S2. The van der Waals surface area contributed by atoms with Crippen LogP contribution in [0.15, 0.2) is 47.4 Å². The van der Waals surface area contributed by atoms with Gasteiger partial charge in [-0.2, -0.15) is 16.1 Å². The molecule has 5 nitrogen and oxygen atoms in total. The maximum Gasteiger partial charge on any atom is 0.251 e. The van der Waals surface area contributed by atoms with Crippen molar-refractivity contribution >= 4 is 27.7 Å². The Morgan fingerprint density at radius 2 is 1.69 bits per heavy atom. The number of hydrogen-bond acceptors (Lipinski definition) is 4. The molecular weight excluding hydrogens is 404 g/mol. The van der Waals surface area contributed by atoms with E-state index in [-0.39, 0.29) is 10.8 Å². The second kappa shape index (κ2) is 10.8. The minimum atomic E-state index is -3.59. The van der Waals surface area contributed by atoms with Crippen molar-refractivity contribution in [2.45, 2.75) is 38.3 Å². The van der Waals surface area contributed by atoms with Crippen LogP contribution < -0.4 is 5.32 Å². The number of nitrogens with zero attached hydrogens (tertiary/aromatic N) is 1. The lowest BCUT2D eigenvalue weighted by Gasteiger charge is -2.19. The predicted molar refractivity (Wildman–Crippen MR) is 121 cm³/mol. The Morgan fingerprint density at radius 3 is 2.31 bits per heavy atom. The summed E-state index contributed by atoms with van der Waals surface area (Å²) in [6.45, 7) is 8.81. The highest BCUT2D eigenvalue weighted by Crippen LogP contribution is 2.20. The van der Waals surface area contributed by atoms with E-state index >= 15 is 0 Å². The van der Waals surface area contributed by atoms with E-state index in [1.54, 1.807) is 37.7 Å². The summed E-state index contributed by atoms with van der Waals surface area (Å²) in [5.74, 6) is 1.44. The Kier molecular flexibility index (Phi) is 8.74. The zero-order chi connectivity index (χ0) is 21.4. The van der Waals surface area contributed by atoms with Gasteiger partial charge < -0.3 is 5.32 Å². The van der Waals surface area contributed by atoms with Crippen LogP contribution in [0.4, 0.5) is 0 Å². The Morgan fingerprint density at radius 1 is 1.03 bits per heavy atom. The standard InChI is InChI=1S/C22H30N2O3S2/c1-5-24(6-2)29(26,27)20-12-9-18(4)21(15-20)22(25)23-13-14-28-16-19-10-7-17(3)8-11-19/h7-12,15H,5-6,13-14,16H2,1-4H3,(H,23,25). The molecule has 0 bridgehead atoms. The van der Waals surface area contributed by atoms with Crippen molar-refractivity contribution in [2.75, 3.05) is 25.4 Å². The number of aryl methyl sites for hydroxylation is 2. The minimum absolute atomic E-state index is 0.158. The molecule has 29 heavy (non-hydrogen) atoms. The van der Waals surface area contributed by atoms with Gasteiger partial charge in [0.1, 0.15) is 0 Å². The number of benzene rings is 2. The molecule has 0 radical (unpaired) electrons. The van der Waals surface area contributed by atoms with E-state index in [0.717, 1.165) is 17.1 Å². The van der Waals surface area contributed by atoms with Crippen LogP contribution in [0.1, 0.15) is 40.9 Å². The highest BCUT2D eigenvalue weighted by Gasteiger charge is 2.23. The Labute approximate surface area is 178 Å². The highest BCUT2D eigenvalue weighted by atomic mass is 32.2. The summed E-state index contributed by atoms with van der Waals surface area (Å²) in [5, 5.41) is 2.90. The molecule has 0 saturated carbocycles. The summed E-state index contributed by atoms with van der Waals surface area (Å²) >= 11 is 1.75. The fourth-order valence-electron chi connectivity index (χ4n) is 2.93. The second-order valence-corrected chi connectivity index (χ2v) is 9.90. The normalized spacial score (nSPS) is 11.6. The van der Waals surface area contributed by atoms with Gasteiger partial charge in [-0.25, -0.2) is 8.42 Å². The molecule has 0 aliphatic carbocycles. The summed E-state index contributed by atoms with van der Waals surface area (Å²) in [5.41, 5.74) is 3.67. The van der Waals surface area contributed by atoms with Gasteiger partial charge in [-0.3, -0.25) is 4.79 Å². The summed E-state index contributed by atoms with van der Waals surface area (Å²) in [6, 6.07) is 13.2. The fraction of sp³-hybridized carbons (Fsp3) is 0.409. The first kappa shape index (κ1) is 23.4. The van der Waals surface area contributed by atoms with Crippen LogP contribution in [0.3, 0.4) is 0 Å². The molecule has 0 fully saturated rings. The third-order valence-electron chi connectivity index (χ3n) is 4.72. The molecule has 1 N–H and O–H groups in total. The molecule has 0 aromatic heterocycles. The van der Waals surface area contributed by atoms with Crippen molar-refractivity contribution in [1.82, 2.24) is 9.62 Å².